The Kier molecular flexibility index (Phi) is 4.48. The minimum Gasteiger partial charge on any atom is -0.302 e. The third-order valence-electron chi connectivity index (χ3n) is 5.50. The van der Waals surface area contributed by atoms with E-state index in [0.29, 0.717) is 18.0 Å². The Hall–Kier alpha value is -2.10. The molecule has 0 saturated heterocycles. The lowest BCUT2D eigenvalue weighted by Gasteiger charge is -2.29. The maximum atomic E-state index is 13.0. The number of carbonyl (C=O) groups excluding carboxylic acids is 1. The molecule has 128 valence electrons. The van der Waals surface area contributed by atoms with E-state index in [2.05, 4.69) is 18.9 Å². The highest BCUT2D eigenvalue weighted by Gasteiger charge is 2.27. The smallest absolute Gasteiger partial charge is 0.277 e. The third-order valence-corrected chi connectivity index (χ3v) is 5.50. The molecule has 1 N–H and O–H groups in total. The first-order valence-corrected chi connectivity index (χ1v) is 8.95. The average Bonchev–Trinajstić information content (AvgIpc) is 2.97. The largest absolute Gasteiger partial charge is 0.302 e. The second-order valence-corrected chi connectivity index (χ2v) is 6.82. The SMILES string of the molecule is CCC1CCCc2c(C)cc(C(=O)c3c[nH]n(CC)c3=O)c(C)c21. The summed E-state index contributed by atoms with van der Waals surface area (Å²) < 4.78 is 1.46. The third kappa shape index (κ3) is 2.54. The Morgan fingerprint density at radius 3 is 2.67 bits per heavy atom. The molecule has 0 saturated carbocycles. The molecule has 24 heavy (non-hydrogen) atoms. The van der Waals surface area contributed by atoms with E-state index in [4.69, 9.17) is 0 Å². The monoisotopic (exact) mass is 326 g/mol. The first-order valence-electron chi connectivity index (χ1n) is 8.95. The summed E-state index contributed by atoms with van der Waals surface area (Å²) in [4.78, 5) is 25.3. The number of benzene rings is 1. The summed E-state index contributed by atoms with van der Waals surface area (Å²) in [6.07, 6.45) is 6.14. The molecule has 4 nitrogen and oxygen atoms in total. The highest BCUT2D eigenvalue weighted by Crippen LogP contribution is 2.39. The van der Waals surface area contributed by atoms with Crippen molar-refractivity contribution in [2.24, 2.45) is 0 Å². The van der Waals surface area contributed by atoms with Gasteiger partial charge in [0.15, 0.2) is 5.78 Å². The van der Waals surface area contributed by atoms with E-state index in [9.17, 15) is 9.59 Å². The number of nitrogens with one attached hydrogen (secondary N) is 1. The molecule has 2 aromatic rings. The van der Waals surface area contributed by atoms with Gasteiger partial charge in [-0.15, -0.1) is 0 Å². The molecule has 1 unspecified atom stereocenters. The topological polar surface area (TPSA) is 54.9 Å². The van der Waals surface area contributed by atoms with E-state index >= 15 is 0 Å². The molecule has 0 aliphatic heterocycles. The van der Waals surface area contributed by atoms with Crippen LogP contribution < -0.4 is 5.56 Å². The van der Waals surface area contributed by atoms with Gasteiger partial charge >= 0.3 is 0 Å². The van der Waals surface area contributed by atoms with Crippen molar-refractivity contribution in [3.63, 3.8) is 0 Å². The van der Waals surface area contributed by atoms with Gasteiger partial charge in [-0.05, 0) is 80.7 Å². The number of carbonyl (C=O) groups is 1. The van der Waals surface area contributed by atoms with E-state index in [0.717, 1.165) is 18.4 Å². The predicted octanol–water partition coefficient (Wildman–Crippen LogP) is 3.87. The standard InChI is InChI=1S/C20H26N2O2/c1-5-14-8-7-9-15-12(3)10-16(13(4)18(14)15)19(23)17-11-21-22(6-2)20(17)24/h10-11,14,21H,5-9H2,1-4H3. The van der Waals surface area contributed by atoms with Crippen molar-refractivity contribution in [3.05, 3.63) is 56.0 Å². The molecule has 1 aromatic carbocycles. The molecule has 0 amide bonds. The van der Waals surface area contributed by atoms with Crippen molar-refractivity contribution in [3.8, 4) is 0 Å². The van der Waals surface area contributed by atoms with Crippen molar-refractivity contribution in [1.82, 2.24) is 9.78 Å². The number of aromatic nitrogens is 2. The van der Waals surface area contributed by atoms with Gasteiger partial charge in [0.25, 0.3) is 5.56 Å². The zero-order chi connectivity index (χ0) is 17.4. The maximum absolute atomic E-state index is 13.0. The number of fused-ring (bicyclic) bond motifs is 1. The van der Waals surface area contributed by atoms with Gasteiger partial charge in [0.2, 0.25) is 0 Å². The van der Waals surface area contributed by atoms with Crippen molar-refractivity contribution < 1.29 is 4.79 Å². The molecule has 3 rings (SSSR count). The van der Waals surface area contributed by atoms with Gasteiger partial charge in [-0.2, -0.15) is 0 Å². The first kappa shape index (κ1) is 16.7. The summed E-state index contributed by atoms with van der Waals surface area (Å²) >= 11 is 0. The number of rotatable bonds is 4. The lowest BCUT2D eigenvalue weighted by molar-refractivity contribution is 0.103. The Bertz CT molecular complexity index is 842. The van der Waals surface area contributed by atoms with Crippen LogP contribution in [-0.4, -0.2) is 15.6 Å². The second-order valence-electron chi connectivity index (χ2n) is 6.82. The summed E-state index contributed by atoms with van der Waals surface area (Å²) in [6.45, 7) is 8.77. The van der Waals surface area contributed by atoms with Crippen LogP contribution in [0.2, 0.25) is 0 Å². The minimum absolute atomic E-state index is 0.160. The fourth-order valence-electron chi connectivity index (χ4n) is 4.14. The summed E-state index contributed by atoms with van der Waals surface area (Å²) in [6, 6.07) is 1.98. The minimum atomic E-state index is -0.232. The zero-order valence-corrected chi connectivity index (χ0v) is 15.0. The van der Waals surface area contributed by atoms with Crippen molar-refractivity contribution >= 4 is 5.78 Å². The predicted molar refractivity (Wildman–Crippen MR) is 96.0 cm³/mol. The van der Waals surface area contributed by atoms with Crippen LogP contribution in [0.4, 0.5) is 0 Å². The Balaban J connectivity index is 2.15. The second kappa shape index (κ2) is 6.42. The molecule has 0 fully saturated rings. The molecule has 4 heteroatoms. The van der Waals surface area contributed by atoms with E-state index < -0.39 is 0 Å². The Morgan fingerprint density at radius 1 is 1.29 bits per heavy atom. The molecule has 1 aliphatic carbocycles. The van der Waals surface area contributed by atoms with Crippen LogP contribution in [0, 0.1) is 13.8 Å². The maximum Gasteiger partial charge on any atom is 0.277 e. The van der Waals surface area contributed by atoms with Crippen LogP contribution in [-0.2, 0) is 13.0 Å². The number of hydrogen-bond donors (Lipinski definition) is 1. The molecule has 0 radical (unpaired) electrons. The molecule has 1 aliphatic rings. The van der Waals surface area contributed by atoms with Gasteiger partial charge in [0.1, 0.15) is 5.56 Å². The van der Waals surface area contributed by atoms with E-state index in [1.807, 2.05) is 19.9 Å². The molecular formula is C20H26N2O2. The van der Waals surface area contributed by atoms with Crippen molar-refractivity contribution in [2.75, 3.05) is 0 Å². The fourth-order valence-corrected chi connectivity index (χ4v) is 4.14. The van der Waals surface area contributed by atoms with Crippen LogP contribution in [0.5, 0.6) is 0 Å². The Labute approximate surface area is 142 Å². The van der Waals surface area contributed by atoms with Crippen molar-refractivity contribution in [2.45, 2.75) is 65.8 Å². The van der Waals surface area contributed by atoms with Crippen LogP contribution in [0.25, 0.3) is 0 Å². The molecule has 1 atom stereocenters. The number of aryl methyl sites for hydroxylation is 2. The van der Waals surface area contributed by atoms with Gasteiger partial charge < -0.3 is 5.10 Å². The van der Waals surface area contributed by atoms with Crippen molar-refractivity contribution in [1.29, 1.82) is 0 Å². The highest BCUT2D eigenvalue weighted by molar-refractivity contribution is 6.10. The molecule has 1 aromatic heterocycles. The number of nitrogens with zero attached hydrogens (tertiary/aromatic N) is 1. The molecular weight excluding hydrogens is 300 g/mol. The van der Waals surface area contributed by atoms with Gasteiger partial charge in [0, 0.05) is 18.3 Å². The van der Waals surface area contributed by atoms with E-state index in [1.54, 1.807) is 6.20 Å². The number of aromatic amines is 1. The zero-order valence-electron chi connectivity index (χ0n) is 15.0. The van der Waals surface area contributed by atoms with Crippen LogP contribution in [0.1, 0.15) is 77.2 Å². The summed E-state index contributed by atoms with van der Waals surface area (Å²) in [5, 5.41) is 2.87. The van der Waals surface area contributed by atoms with E-state index in [-0.39, 0.29) is 16.9 Å². The summed E-state index contributed by atoms with van der Waals surface area (Å²) in [7, 11) is 0. The summed E-state index contributed by atoms with van der Waals surface area (Å²) in [5.74, 6) is 0.367. The van der Waals surface area contributed by atoms with Gasteiger partial charge in [-0.1, -0.05) is 6.92 Å². The highest BCUT2D eigenvalue weighted by atomic mass is 16.2. The number of hydrogen-bond acceptors (Lipinski definition) is 2. The van der Waals surface area contributed by atoms with Gasteiger partial charge in [-0.25, -0.2) is 0 Å². The average molecular weight is 326 g/mol. The molecule has 0 bridgehead atoms. The number of H-pyrrole nitrogens is 1. The van der Waals surface area contributed by atoms with Gasteiger partial charge in [-0.3, -0.25) is 14.3 Å². The normalized spacial score (nSPS) is 16.9. The van der Waals surface area contributed by atoms with E-state index in [1.165, 1.54) is 34.2 Å². The van der Waals surface area contributed by atoms with Crippen LogP contribution in [0.15, 0.2) is 17.1 Å². The lowest BCUT2D eigenvalue weighted by atomic mass is 9.75. The first-order chi connectivity index (χ1) is 11.5. The number of ketones is 1. The van der Waals surface area contributed by atoms with Crippen LogP contribution >= 0.6 is 0 Å². The molecule has 1 heterocycles. The summed E-state index contributed by atoms with van der Waals surface area (Å²) in [5.41, 5.74) is 5.72. The Morgan fingerprint density at radius 2 is 2.04 bits per heavy atom. The van der Waals surface area contributed by atoms with Crippen LogP contribution in [0.3, 0.4) is 0 Å². The quantitative estimate of drug-likeness (QED) is 0.867. The van der Waals surface area contributed by atoms with Gasteiger partial charge in [0.05, 0.1) is 0 Å². The fraction of sp³-hybridized carbons (Fsp3) is 0.500. The molecule has 0 spiro atoms. The lowest BCUT2D eigenvalue weighted by Crippen LogP contribution is -2.22.